The van der Waals surface area contributed by atoms with Crippen LogP contribution in [0, 0.1) is 5.92 Å². The molecular weight excluding hydrogens is 211 g/mol. The van der Waals surface area contributed by atoms with E-state index in [-0.39, 0.29) is 12.4 Å². The van der Waals surface area contributed by atoms with Crippen molar-refractivity contribution in [3.8, 4) is 0 Å². The summed E-state index contributed by atoms with van der Waals surface area (Å²) >= 11 is 0. The Morgan fingerprint density at radius 2 is 2.07 bits per heavy atom. The van der Waals surface area contributed by atoms with Gasteiger partial charge in [-0.25, -0.2) is 0 Å². The summed E-state index contributed by atoms with van der Waals surface area (Å²) in [7, 11) is 0. The molecule has 0 bridgehead atoms. The number of rotatable bonds is 4. The highest BCUT2D eigenvalue weighted by Gasteiger charge is 2.37. The summed E-state index contributed by atoms with van der Waals surface area (Å²) in [5.74, 6) is -0.873. The number of nitrogens with one attached hydrogen (secondary N) is 1. The predicted molar refractivity (Wildman–Crippen MR) is 45.8 cm³/mol. The first-order valence-electron chi connectivity index (χ1n) is 4.50. The fourth-order valence-electron chi connectivity index (χ4n) is 0.910. The first kappa shape index (κ1) is 12.0. The highest BCUT2D eigenvalue weighted by molar-refractivity contribution is 4.90. The van der Waals surface area contributed by atoms with Crippen LogP contribution in [-0.2, 0) is 12.7 Å². The molecule has 0 fully saturated rings. The van der Waals surface area contributed by atoms with Crippen molar-refractivity contribution in [2.45, 2.75) is 26.6 Å². The summed E-state index contributed by atoms with van der Waals surface area (Å²) in [6, 6.07) is 0. The smallest absolute Gasteiger partial charge is 0.338 e. The lowest BCUT2D eigenvalue weighted by molar-refractivity contribution is -0.146. The Bertz CT molecular complexity index is 308. The molecule has 0 aromatic carbocycles. The predicted octanol–water partition coefficient (Wildman–Crippen LogP) is 1.83. The Labute approximate surface area is 84.9 Å². The van der Waals surface area contributed by atoms with Crippen LogP contribution in [0.1, 0.15) is 25.6 Å². The minimum atomic E-state index is -4.54. The lowest BCUT2D eigenvalue weighted by Gasteiger charge is -2.03. The highest BCUT2D eigenvalue weighted by atomic mass is 19.4. The van der Waals surface area contributed by atoms with Crippen LogP contribution in [-0.4, -0.2) is 16.7 Å². The molecular formula is C8H12F3N3O. The van der Waals surface area contributed by atoms with Gasteiger partial charge in [0.25, 0.3) is 5.82 Å². The molecule has 0 radical (unpaired) electrons. The van der Waals surface area contributed by atoms with Crippen LogP contribution in [0.5, 0.6) is 0 Å². The zero-order valence-corrected chi connectivity index (χ0v) is 8.43. The molecule has 0 saturated heterocycles. The Kier molecular flexibility index (Phi) is 3.67. The van der Waals surface area contributed by atoms with Crippen LogP contribution in [0.2, 0.25) is 0 Å². The molecule has 0 atom stereocenters. The van der Waals surface area contributed by atoms with Crippen molar-refractivity contribution < 1.29 is 17.7 Å². The van der Waals surface area contributed by atoms with Gasteiger partial charge in [0, 0.05) is 0 Å². The largest absolute Gasteiger partial charge is 0.455 e. The van der Waals surface area contributed by atoms with Gasteiger partial charge in [-0.2, -0.15) is 18.2 Å². The maximum absolute atomic E-state index is 12.0. The van der Waals surface area contributed by atoms with Gasteiger partial charge in [0.15, 0.2) is 0 Å². The van der Waals surface area contributed by atoms with E-state index in [0.717, 1.165) is 0 Å². The van der Waals surface area contributed by atoms with Crippen molar-refractivity contribution in [1.82, 2.24) is 15.5 Å². The number of hydrogen-bond donors (Lipinski definition) is 1. The second-order valence-corrected chi connectivity index (χ2v) is 3.53. The third-order valence-corrected chi connectivity index (χ3v) is 1.55. The number of hydrogen-bond acceptors (Lipinski definition) is 4. The average molecular weight is 223 g/mol. The van der Waals surface area contributed by atoms with Crippen molar-refractivity contribution >= 4 is 0 Å². The molecule has 0 aliphatic rings. The first-order chi connectivity index (χ1) is 6.89. The summed E-state index contributed by atoms with van der Waals surface area (Å²) in [5.41, 5.74) is 0. The summed E-state index contributed by atoms with van der Waals surface area (Å²) in [6.07, 6.45) is -4.54. The van der Waals surface area contributed by atoms with Gasteiger partial charge in [-0.15, -0.1) is 0 Å². The van der Waals surface area contributed by atoms with Crippen LogP contribution in [0.25, 0.3) is 0 Å². The number of alkyl halides is 3. The molecule has 0 unspecified atom stereocenters. The Hall–Kier alpha value is -1.11. The second kappa shape index (κ2) is 4.61. The summed E-state index contributed by atoms with van der Waals surface area (Å²) in [5, 5.41) is 5.74. The average Bonchev–Trinajstić information content (AvgIpc) is 2.51. The van der Waals surface area contributed by atoms with Gasteiger partial charge in [0.2, 0.25) is 5.89 Å². The summed E-state index contributed by atoms with van der Waals surface area (Å²) in [6.45, 7) is 4.81. The van der Waals surface area contributed by atoms with E-state index in [1.54, 1.807) is 0 Å². The molecule has 0 aliphatic heterocycles. The lowest BCUT2D eigenvalue weighted by Crippen LogP contribution is -2.19. The molecule has 1 N–H and O–H groups in total. The van der Waals surface area contributed by atoms with Gasteiger partial charge in [-0.1, -0.05) is 19.0 Å². The molecule has 1 heterocycles. The quantitative estimate of drug-likeness (QED) is 0.846. The number of aromatic nitrogens is 2. The first-order valence-corrected chi connectivity index (χ1v) is 4.50. The Morgan fingerprint density at radius 1 is 1.40 bits per heavy atom. The monoisotopic (exact) mass is 223 g/mol. The summed E-state index contributed by atoms with van der Waals surface area (Å²) in [4.78, 5) is 3.21. The molecule has 4 nitrogen and oxygen atoms in total. The van der Waals surface area contributed by atoms with E-state index in [4.69, 9.17) is 0 Å². The van der Waals surface area contributed by atoms with Crippen LogP contribution in [0.15, 0.2) is 4.52 Å². The van der Waals surface area contributed by atoms with Gasteiger partial charge in [0.05, 0.1) is 6.54 Å². The van der Waals surface area contributed by atoms with E-state index in [9.17, 15) is 13.2 Å². The van der Waals surface area contributed by atoms with Gasteiger partial charge < -0.3 is 9.84 Å². The van der Waals surface area contributed by atoms with Crippen LogP contribution in [0.4, 0.5) is 13.2 Å². The molecule has 0 aliphatic carbocycles. The third-order valence-electron chi connectivity index (χ3n) is 1.55. The molecule has 1 aromatic rings. The Balaban J connectivity index is 2.47. The van der Waals surface area contributed by atoms with Crippen LogP contribution in [0.3, 0.4) is 0 Å². The van der Waals surface area contributed by atoms with Gasteiger partial charge in [-0.05, 0) is 12.5 Å². The number of halogens is 3. The molecule has 0 spiro atoms. The lowest BCUT2D eigenvalue weighted by atomic mass is 10.2. The van der Waals surface area contributed by atoms with Crippen LogP contribution >= 0.6 is 0 Å². The zero-order chi connectivity index (χ0) is 11.5. The van der Waals surface area contributed by atoms with Gasteiger partial charge in [0.1, 0.15) is 0 Å². The molecule has 1 aromatic heterocycles. The molecule has 15 heavy (non-hydrogen) atoms. The van der Waals surface area contributed by atoms with Crippen molar-refractivity contribution in [1.29, 1.82) is 0 Å². The fourth-order valence-corrected chi connectivity index (χ4v) is 0.910. The van der Waals surface area contributed by atoms with Crippen molar-refractivity contribution in [2.24, 2.45) is 5.92 Å². The van der Waals surface area contributed by atoms with Gasteiger partial charge >= 0.3 is 6.18 Å². The van der Waals surface area contributed by atoms with E-state index in [1.165, 1.54) is 0 Å². The molecule has 0 amide bonds. The fraction of sp³-hybridized carbons (Fsp3) is 0.750. The van der Waals surface area contributed by atoms with E-state index in [1.807, 2.05) is 13.8 Å². The van der Waals surface area contributed by atoms with E-state index in [2.05, 4.69) is 20.0 Å². The minimum absolute atomic E-state index is 0.0528. The standard InChI is InChI=1S/C8H12F3N3O/c1-5(2)3-12-4-6-13-7(14-15-6)8(9,10)11/h5,12H,3-4H2,1-2H3. The molecule has 7 heteroatoms. The highest BCUT2D eigenvalue weighted by Crippen LogP contribution is 2.26. The third kappa shape index (κ3) is 3.86. The van der Waals surface area contributed by atoms with E-state index in [0.29, 0.717) is 12.5 Å². The zero-order valence-electron chi connectivity index (χ0n) is 8.43. The second-order valence-electron chi connectivity index (χ2n) is 3.53. The SMILES string of the molecule is CC(C)CNCc1nc(C(F)(F)F)no1. The Morgan fingerprint density at radius 3 is 2.53 bits per heavy atom. The van der Waals surface area contributed by atoms with Crippen molar-refractivity contribution in [3.05, 3.63) is 11.7 Å². The maximum atomic E-state index is 12.0. The van der Waals surface area contributed by atoms with Crippen molar-refractivity contribution in [2.75, 3.05) is 6.54 Å². The normalized spacial score (nSPS) is 12.4. The van der Waals surface area contributed by atoms with Crippen molar-refractivity contribution in [3.63, 3.8) is 0 Å². The van der Waals surface area contributed by atoms with E-state index < -0.39 is 12.0 Å². The minimum Gasteiger partial charge on any atom is -0.338 e. The number of nitrogens with zero attached hydrogens (tertiary/aromatic N) is 2. The topological polar surface area (TPSA) is 51.0 Å². The van der Waals surface area contributed by atoms with Gasteiger partial charge in [-0.3, -0.25) is 0 Å². The van der Waals surface area contributed by atoms with E-state index >= 15 is 0 Å². The molecule has 86 valence electrons. The van der Waals surface area contributed by atoms with Crippen LogP contribution < -0.4 is 5.32 Å². The molecule has 0 saturated carbocycles. The summed E-state index contributed by atoms with van der Waals surface area (Å²) < 4.78 is 40.6. The molecule has 1 rings (SSSR count). The maximum Gasteiger partial charge on any atom is 0.455 e.